The number of piperidine rings is 1. The van der Waals surface area contributed by atoms with E-state index in [0.29, 0.717) is 12.6 Å². The molecule has 0 spiro atoms. The number of hydrogen-bond donors (Lipinski definition) is 2. The largest absolute Gasteiger partial charge is 0.454 e. The van der Waals surface area contributed by atoms with Crippen molar-refractivity contribution >= 4 is 12.0 Å². The van der Waals surface area contributed by atoms with Crippen LogP contribution in [0.5, 0.6) is 11.5 Å². The lowest BCUT2D eigenvalue weighted by molar-refractivity contribution is -0.116. The van der Waals surface area contributed by atoms with Crippen molar-refractivity contribution in [2.24, 2.45) is 0 Å². The third-order valence-electron chi connectivity index (χ3n) is 4.25. The van der Waals surface area contributed by atoms with Crippen LogP contribution in [-0.4, -0.2) is 31.8 Å². The van der Waals surface area contributed by atoms with Gasteiger partial charge in [0.1, 0.15) is 0 Å². The Morgan fingerprint density at radius 2 is 2.17 bits per heavy atom. The third-order valence-corrected chi connectivity index (χ3v) is 4.25. The lowest BCUT2D eigenvalue weighted by atomic mass is 10.0. The maximum Gasteiger partial charge on any atom is 0.243 e. The Kier molecular flexibility index (Phi) is 5.90. The highest BCUT2D eigenvalue weighted by molar-refractivity contribution is 5.87. The van der Waals surface area contributed by atoms with E-state index in [1.165, 1.54) is 19.3 Å². The molecule has 5 heteroatoms. The molecule has 2 aliphatic heterocycles. The number of fused-ring (bicyclic) bond motifs is 1. The van der Waals surface area contributed by atoms with Crippen LogP contribution in [-0.2, 0) is 4.79 Å². The number of nitrogens with one attached hydrogen (secondary N) is 2. The van der Waals surface area contributed by atoms with Crippen LogP contribution in [0.4, 0.5) is 0 Å². The van der Waals surface area contributed by atoms with Crippen LogP contribution in [0, 0.1) is 0 Å². The first-order chi connectivity index (χ1) is 11.8. The summed E-state index contributed by atoms with van der Waals surface area (Å²) in [6.07, 6.45) is 11.8. The zero-order valence-electron chi connectivity index (χ0n) is 13.8. The standard InChI is InChI=1S/C19H24N2O3/c22-19(21-12-10-16-6-3-4-11-20-16)7-2-1-5-15-8-9-17-18(13-15)24-14-23-17/h1-2,5,7-9,13,16,20H,3-4,6,10-12,14H2,(H,21,22)/b5-1+,7-2+. The molecule has 1 amide bonds. The molecule has 1 unspecified atom stereocenters. The van der Waals surface area contributed by atoms with Crippen LogP contribution in [0.3, 0.4) is 0 Å². The summed E-state index contributed by atoms with van der Waals surface area (Å²) in [5.41, 5.74) is 1.01. The van der Waals surface area contributed by atoms with Crippen LogP contribution in [0.25, 0.3) is 6.08 Å². The van der Waals surface area contributed by atoms with Crippen LogP contribution < -0.4 is 20.1 Å². The molecule has 1 saturated heterocycles. The number of allylic oxidation sites excluding steroid dienone is 2. The Morgan fingerprint density at radius 1 is 1.25 bits per heavy atom. The number of rotatable bonds is 6. The number of benzene rings is 1. The average Bonchev–Trinajstić information content (AvgIpc) is 3.07. The highest BCUT2D eigenvalue weighted by Gasteiger charge is 2.12. The summed E-state index contributed by atoms with van der Waals surface area (Å²) in [6, 6.07) is 6.31. The van der Waals surface area contributed by atoms with Gasteiger partial charge >= 0.3 is 0 Å². The first-order valence-electron chi connectivity index (χ1n) is 8.57. The SMILES string of the molecule is O=C(/C=C/C=C/c1ccc2c(c1)OCO2)NCCC1CCCCN1. The van der Waals surface area contributed by atoms with Crippen molar-refractivity contribution < 1.29 is 14.3 Å². The highest BCUT2D eigenvalue weighted by Crippen LogP contribution is 2.32. The molecule has 1 aromatic carbocycles. The molecule has 24 heavy (non-hydrogen) atoms. The van der Waals surface area contributed by atoms with Crippen LogP contribution in [0.1, 0.15) is 31.2 Å². The van der Waals surface area contributed by atoms with Gasteiger partial charge in [0.2, 0.25) is 12.7 Å². The van der Waals surface area contributed by atoms with Gasteiger partial charge in [-0.05, 0) is 43.5 Å². The summed E-state index contributed by atoms with van der Waals surface area (Å²) in [5, 5.41) is 6.41. The molecule has 3 rings (SSSR count). The van der Waals surface area contributed by atoms with Gasteiger partial charge in [-0.25, -0.2) is 0 Å². The molecule has 0 saturated carbocycles. The zero-order valence-corrected chi connectivity index (χ0v) is 13.8. The minimum absolute atomic E-state index is 0.0545. The number of ether oxygens (including phenoxy) is 2. The summed E-state index contributed by atoms with van der Waals surface area (Å²) in [4.78, 5) is 11.8. The van der Waals surface area contributed by atoms with Crippen LogP contribution in [0.2, 0.25) is 0 Å². The van der Waals surface area contributed by atoms with Gasteiger partial charge < -0.3 is 20.1 Å². The van der Waals surface area contributed by atoms with Crippen LogP contribution in [0.15, 0.2) is 36.4 Å². The minimum Gasteiger partial charge on any atom is -0.454 e. The Bertz CT molecular complexity index is 619. The third kappa shape index (κ3) is 4.86. The average molecular weight is 328 g/mol. The lowest BCUT2D eigenvalue weighted by Gasteiger charge is -2.23. The van der Waals surface area contributed by atoms with E-state index in [2.05, 4.69) is 10.6 Å². The van der Waals surface area contributed by atoms with E-state index in [4.69, 9.17) is 9.47 Å². The quantitative estimate of drug-likeness (QED) is 0.622. The van der Waals surface area contributed by atoms with E-state index >= 15 is 0 Å². The summed E-state index contributed by atoms with van der Waals surface area (Å²) in [5.74, 6) is 1.48. The van der Waals surface area contributed by atoms with Crippen molar-refractivity contribution in [1.82, 2.24) is 10.6 Å². The van der Waals surface area contributed by atoms with Gasteiger partial charge in [-0.15, -0.1) is 0 Å². The van der Waals surface area contributed by atoms with E-state index in [-0.39, 0.29) is 12.7 Å². The predicted molar refractivity (Wildman–Crippen MR) is 94.0 cm³/mol. The molecule has 0 bridgehead atoms. The topological polar surface area (TPSA) is 59.6 Å². The normalized spacial score (nSPS) is 19.9. The summed E-state index contributed by atoms with van der Waals surface area (Å²) in [6.45, 7) is 2.09. The van der Waals surface area contributed by atoms with Crippen molar-refractivity contribution in [3.8, 4) is 11.5 Å². The fraction of sp³-hybridized carbons (Fsp3) is 0.421. The van der Waals surface area contributed by atoms with Crippen LogP contribution >= 0.6 is 0 Å². The minimum atomic E-state index is -0.0545. The van der Waals surface area contributed by atoms with Gasteiger partial charge in [0.05, 0.1) is 0 Å². The molecule has 2 N–H and O–H groups in total. The molecule has 1 fully saturated rings. The van der Waals surface area contributed by atoms with Gasteiger partial charge in [0.25, 0.3) is 0 Å². The molecule has 1 aromatic rings. The first-order valence-corrected chi connectivity index (χ1v) is 8.57. The fourth-order valence-electron chi connectivity index (χ4n) is 2.93. The second kappa shape index (κ2) is 8.55. The number of carbonyl (C=O) groups excluding carboxylic acids is 1. The lowest BCUT2D eigenvalue weighted by Crippen LogP contribution is -2.37. The van der Waals surface area contributed by atoms with Gasteiger partial charge in [-0.1, -0.05) is 30.7 Å². The fourth-order valence-corrected chi connectivity index (χ4v) is 2.93. The van der Waals surface area contributed by atoms with E-state index < -0.39 is 0 Å². The molecule has 0 radical (unpaired) electrons. The molecule has 128 valence electrons. The Hall–Kier alpha value is -2.27. The van der Waals surface area contributed by atoms with Crippen molar-refractivity contribution in [2.45, 2.75) is 31.7 Å². The van der Waals surface area contributed by atoms with Gasteiger partial charge in [-0.3, -0.25) is 4.79 Å². The number of amides is 1. The van der Waals surface area contributed by atoms with Crippen molar-refractivity contribution in [1.29, 1.82) is 0 Å². The summed E-state index contributed by atoms with van der Waals surface area (Å²) < 4.78 is 10.6. The second-order valence-electron chi connectivity index (χ2n) is 6.06. The van der Waals surface area contributed by atoms with Crippen molar-refractivity contribution in [3.63, 3.8) is 0 Å². The highest BCUT2D eigenvalue weighted by atomic mass is 16.7. The number of carbonyl (C=O) groups is 1. The van der Waals surface area contributed by atoms with Gasteiger partial charge in [-0.2, -0.15) is 0 Å². The molecule has 0 aliphatic carbocycles. The van der Waals surface area contributed by atoms with Gasteiger partial charge in [0.15, 0.2) is 11.5 Å². The zero-order chi connectivity index (χ0) is 16.6. The Balaban J connectivity index is 1.38. The molecule has 2 heterocycles. The molecule has 0 aromatic heterocycles. The van der Waals surface area contributed by atoms with E-state index in [9.17, 15) is 4.79 Å². The molecule has 5 nitrogen and oxygen atoms in total. The monoisotopic (exact) mass is 328 g/mol. The van der Waals surface area contributed by atoms with Gasteiger partial charge in [0, 0.05) is 18.7 Å². The number of hydrogen-bond acceptors (Lipinski definition) is 4. The molecule has 1 atom stereocenters. The Morgan fingerprint density at radius 3 is 3.04 bits per heavy atom. The smallest absolute Gasteiger partial charge is 0.243 e. The maximum atomic E-state index is 11.8. The van der Waals surface area contributed by atoms with Crippen molar-refractivity contribution in [3.05, 3.63) is 42.0 Å². The van der Waals surface area contributed by atoms with Crippen molar-refractivity contribution in [2.75, 3.05) is 19.9 Å². The van der Waals surface area contributed by atoms with E-state index in [1.807, 2.05) is 30.4 Å². The molecular weight excluding hydrogens is 304 g/mol. The summed E-state index contributed by atoms with van der Waals surface area (Å²) in [7, 11) is 0. The predicted octanol–water partition coefficient (Wildman–Crippen LogP) is 2.63. The second-order valence-corrected chi connectivity index (χ2v) is 6.06. The maximum absolute atomic E-state index is 11.8. The molecular formula is C19H24N2O3. The van der Waals surface area contributed by atoms with E-state index in [1.54, 1.807) is 12.2 Å². The Labute approximate surface area is 142 Å². The first kappa shape index (κ1) is 16.6. The summed E-state index contributed by atoms with van der Waals surface area (Å²) >= 11 is 0. The molecule has 2 aliphatic rings. The van der Waals surface area contributed by atoms with E-state index in [0.717, 1.165) is 30.0 Å².